The molecular weight excluding hydrogens is 203 g/mol. The summed E-state index contributed by atoms with van der Waals surface area (Å²) in [5, 5.41) is 0. The van der Waals surface area contributed by atoms with Crippen molar-refractivity contribution < 1.29 is 9.31 Å². The number of rotatable bonds is 1. The number of imidazole rings is 1. The van der Waals surface area contributed by atoms with Gasteiger partial charge in [0.15, 0.2) is 0 Å². The van der Waals surface area contributed by atoms with Crippen LogP contribution in [-0.4, -0.2) is 28.3 Å². The second-order valence-corrected chi connectivity index (χ2v) is 5.41. The van der Waals surface area contributed by atoms with E-state index in [4.69, 9.17) is 9.31 Å². The van der Waals surface area contributed by atoms with E-state index in [1.54, 1.807) is 0 Å². The number of hydrogen-bond acceptors (Lipinski definition) is 3. The maximum atomic E-state index is 5.95. The molecule has 0 aliphatic carbocycles. The molecule has 0 radical (unpaired) electrons. The third-order valence-corrected chi connectivity index (χ3v) is 3.53. The average molecular weight is 222 g/mol. The van der Waals surface area contributed by atoms with Crippen molar-refractivity contribution in [2.24, 2.45) is 0 Å². The number of aromatic nitrogens is 2. The molecule has 0 unspecified atom stereocenters. The van der Waals surface area contributed by atoms with Crippen LogP contribution in [0, 0.1) is 13.8 Å². The topological polar surface area (TPSA) is 47.1 Å². The van der Waals surface area contributed by atoms with Crippen LogP contribution >= 0.6 is 0 Å². The van der Waals surface area contributed by atoms with E-state index in [1.807, 2.05) is 41.5 Å². The van der Waals surface area contributed by atoms with Gasteiger partial charge in [0.2, 0.25) is 0 Å². The first-order valence-electron chi connectivity index (χ1n) is 5.62. The number of nitrogens with zero attached hydrogens (tertiary/aromatic N) is 1. The summed E-state index contributed by atoms with van der Waals surface area (Å²) in [6.45, 7) is 12.1. The summed E-state index contributed by atoms with van der Waals surface area (Å²) < 4.78 is 11.9. The molecule has 2 rings (SSSR count). The Morgan fingerprint density at radius 1 is 1.06 bits per heavy atom. The van der Waals surface area contributed by atoms with Gasteiger partial charge >= 0.3 is 7.12 Å². The van der Waals surface area contributed by atoms with Gasteiger partial charge in [-0.25, -0.2) is 4.98 Å². The summed E-state index contributed by atoms with van der Waals surface area (Å²) in [5.74, 6) is 0.891. The summed E-state index contributed by atoms with van der Waals surface area (Å²) in [5.41, 5.74) is 1.26. The molecule has 1 N–H and O–H groups in total. The molecule has 4 nitrogen and oxygen atoms in total. The molecule has 0 aromatic carbocycles. The fraction of sp³-hybridized carbons (Fsp3) is 0.727. The van der Waals surface area contributed by atoms with Crippen molar-refractivity contribution in [1.29, 1.82) is 0 Å². The predicted octanol–water partition coefficient (Wildman–Crippen LogP) is 1.33. The van der Waals surface area contributed by atoms with E-state index in [2.05, 4.69) is 9.97 Å². The van der Waals surface area contributed by atoms with E-state index < -0.39 is 0 Å². The summed E-state index contributed by atoms with van der Waals surface area (Å²) in [6, 6.07) is 0. The van der Waals surface area contributed by atoms with Gasteiger partial charge in [0.05, 0.1) is 22.5 Å². The summed E-state index contributed by atoms with van der Waals surface area (Å²) in [4.78, 5) is 7.54. The van der Waals surface area contributed by atoms with Crippen LogP contribution in [0.3, 0.4) is 0 Å². The van der Waals surface area contributed by atoms with Crippen molar-refractivity contribution >= 4 is 12.7 Å². The average Bonchev–Trinajstić information content (AvgIpc) is 2.51. The Morgan fingerprint density at radius 2 is 1.56 bits per heavy atom. The third-order valence-electron chi connectivity index (χ3n) is 3.53. The van der Waals surface area contributed by atoms with Gasteiger partial charge in [-0.15, -0.1) is 0 Å². The van der Waals surface area contributed by atoms with Crippen LogP contribution in [0.1, 0.15) is 39.2 Å². The highest BCUT2D eigenvalue weighted by Gasteiger charge is 2.52. The molecule has 1 fully saturated rings. The SMILES string of the molecule is Cc1nc(C)c(B2OC(C)(C)C(C)(C)O2)[nH]1. The Labute approximate surface area is 96.9 Å². The van der Waals surface area contributed by atoms with Gasteiger partial charge in [-0.1, -0.05) is 0 Å². The second-order valence-electron chi connectivity index (χ2n) is 5.41. The van der Waals surface area contributed by atoms with Crippen molar-refractivity contribution in [1.82, 2.24) is 9.97 Å². The van der Waals surface area contributed by atoms with Crippen LogP contribution in [-0.2, 0) is 9.31 Å². The fourth-order valence-electron chi connectivity index (χ4n) is 1.82. The van der Waals surface area contributed by atoms with E-state index in [0.29, 0.717) is 0 Å². The Balaban J connectivity index is 2.30. The predicted molar refractivity (Wildman–Crippen MR) is 63.8 cm³/mol. The lowest BCUT2D eigenvalue weighted by atomic mass is 9.83. The zero-order valence-corrected chi connectivity index (χ0v) is 10.8. The van der Waals surface area contributed by atoms with Gasteiger partial charge < -0.3 is 14.3 Å². The largest absolute Gasteiger partial charge is 0.514 e. The molecule has 1 aliphatic heterocycles. The lowest BCUT2D eigenvalue weighted by Gasteiger charge is -2.32. The molecule has 0 amide bonds. The summed E-state index contributed by atoms with van der Waals surface area (Å²) in [7, 11) is -0.341. The molecule has 0 atom stereocenters. The van der Waals surface area contributed by atoms with E-state index in [9.17, 15) is 0 Å². The first kappa shape index (κ1) is 11.7. The third kappa shape index (κ3) is 1.68. The molecule has 1 aliphatic rings. The minimum atomic E-state index is -0.341. The minimum Gasteiger partial charge on any atom is -0.398 e. The van der Waals surface area contributed by atoms with E-state index in [0.717, 1.165) is 17.1 Å². The van der Waals surface area contributed by atoms with Gasteiger partial charge in [0, 0.05) is 0 Å². The number of aryl methyl sites for hydroxylation is 2. The van der Waals surface area contributed by atoms with Gasteiger partial charge in [0.1, 0.15) is 5.82 Å². The van der Waals surface area contributed by atoms with Crippen LogP contribution in [0.4, 0.5) is 0 Å². The molecule has 5 heteroatoms. The molecule has 88 valence electrons. The number of H-pyrrole nitrogens is 1. The molecule has 1 saturated heterocycles. The second kappa shape index (κ2) is 3.34. The summed E-state index contributed by atoms with van der Waals surface area (Å²) in [6.07, 6.45) is 0. The van der Waals surface area contributed by atoms with Crippen LogP contribution in [0.25, 0.3) is 0 Å². The van der Waals surface area contributed by atoms with Crippen LogP contribution in [0.2, 0.25) is 0 Å². The number of hydrogen-bond donors (Lipinski definition) is 1. The van der Waals surface area contributed by atoms with Crippen LogP contribution in [0.5, 0.6) is 0 Å². The smallest absolute Gasteiger partial charge is 0.398 e. The highest BCUT2D eigenvalue weighted by molar-refractivity contribution is 6.61. The Morgan fingerprint density at radius 3 is 1.94 bits per heavy atom. The molecule has 0 spiro atoms. The minimum absolute atomic E-state index is 0.302. The van der Waals surface area contributed by atoms with E-state index in [1.165, 1.54) is 0 Å². The van der Waals surface area contributed by atoms with E-state index >= 15 is 0 Å². The lowest BCUT2D eigenvalue weighted by Crippen LogP contribution is -2.41. The van der Waals surface area contributed by atoms with E-state index in [-0.39, 0.29) is 18.3 Å². The van der Waals surface area contributed by atoms with Gasteiger partial charge in [-0.05, 0) is 41.5 Å². The molecular formula is C11H19BN2O2. The van der Waals surface area contributed by atoms with Gasteiger partial charge in [-0.2, -0.15) is 0 Å². The van der Waals surface area contributed by atoms with Crippen molar-refractivity contribution in [3.8, 4) is 0 Å². The molecule has 1 aromatic heterocycles. The highest BCUT2D eigenvalue weighted by atomic mass is 16.7. The van der Waals surface area contributed by atoms with Crippen molar-refractivity contribution in [3.05, 3.63) is 11.5 Å². The zero-order valence-electron chi connectivity index (χ0n) is 10.8. The van der Waals surface area contributed by atoms with Crippen molar-refractivity contribution in [3.63, 3.8) is 0 Å². The van der Waals surface area contributed by atoms with Gasteiger partial charge in [-0.3, -0.25) is 0 Å². The maximum absolute atomic E-state index is 5.95. The van der Waals surface area contributed by atoms with Gasteiger partial charge in [0.25, 0.3) is 0 Å². The van der Waals surface area contributed by atoms with Crippen molar-refractivity contribution in [2.45, 2.75) is 52.7 Å². The molecule has 2 heterocycles. The Bertz CT molecular complexity index is 396. The fourth-order valence-corrected chi connectivity index (χ4v) is 1.82. The zero-order chi connectivity index (χ0) is 12.1. The Kier molecular flexibility index (Phi) is 2.44. The first-order chi connectivity index (χ1) is 7.23. The molecule has 0 bridgehead atoms. The van der Waals surface area contributed by atoms with Crippen LogP contribution < -0.4 is 5.59 Å². The Hall–Kier alpha value is -0.805. The highest BCUT2D eigenvalue weighted by Crippen LogP contribution is 2.36. The van der Waals surface area contributed by atoms with Crippen LogP contribution in [0.15, 0.2) is 0 Å². The molecule has 1 aromatic rings. The lowest BCUT2D eigenvalue weighted by molar-refractivity contribution is 0.00578. The summed E-state index contributed by atoms with van der Waals surface area (Å²) >= 11 is 0. The monoisotopic (exact) mass is 222 g/mol. The van der Waals surface area contributed by atoms with Crippen molar-refractivity contribution in [2.75, 3.05) is 0 Å². The quantitative estimate of drug-likeness (QED) is 0.729. The molecule has 0 saturated carbocycles. The number of aromatic amines is 1. The first-order valence-corrected chi connectivity index (χ1v) is 5.62. The standard InChI is InChI=1S/C11H19BN2O2/c1-7-9(14-8(2)13-7)12-15-10(3,4)11(5,6)16-12/h1-6H3,(H,13,14). The maximum Gasteiger partial charge on any atom is 0.514 e. The normalized spacial score (nSPS) is 22.8. The number of nitrogens with one attached hydrogen (secondary N) is 1. The molecule has 16 heavy (non-hydrogen) atoms.